The number of carbonyl (C=O) groups excluding carboxylic acids is 1. The van der Waals surface area contributed by atoms with Crippen molar-refractivity contribution in [3.63, 3.8) is 0 Å². The topological polar surface area (TPSA) is 63.2 Å². The van der Waals surface area contributed by atoms with Crippen LogP contribution < -0.4 is 15.4 Å². The number of ether oxygens (including phenoxy) is 1. The molecule has 2 aromatic rings. The molecule has 0 radical (unpaired) electrons. The SMILES string of the molecule is O=C(NCc1cccnc1)NC1CCCC1Oc1ccccc1. The highest BCUT2D eigenvalue weighted by Crippen LogP contribution is 2.24. The van der Waals surface area contributed by atoms with Gasteiger partial charge >= 0.3 is 6.03 Å². The van der Waals surface area contributed by atoms with Gasteiger partial charge in [-0.05, 0) is 43.0 Å². The Morgan fingerprint density at radius 2 is 2.04 bits per heavy atom. The highest BCUT2D eigenvalue weighted by Gasteiger charge is 2.30. The molecule has 1 aliphatic rings. The molecule has 1 heterocycles. The number of rotatable bonds is 5. The highest BCUT2D eigenvalue weighted by atomic mass is 16.5. The van der Waals surface area contributed by atoms with E-state index in [2.05, 4.69) is 15.6 Å². The minimum absolute atomic E-state index is 0.0292. The van der Waals surface area contributed by atoms with Gasteiger partial charge < -0.3 is 15.4 Å². The Bertz CT molecular complexity index is 619. The predicted octanol–water partition coefficient (Wildman–Crippen LogP) is 2.88. The number of nitrogens with zero attached hydrogens (tertiary/aromatic N) is 1. The number of benzene rings is 1. The summed E-state index contributed by atoms with van der Waals surface area (Å²) in [6.45, 7) is 0.469. The van der Waals surface area contributed by atoms with Crippen molar-refractivity contribution in [3.8, 4) is 5.75 Å². The predicted molar refractivity (Wildman–Crippen MR) is 88.1 cm³/mol. The van der Waals surface area contributed by atoms with Gasteiger partial charge in [-0.2, -0.15) is 0 Å². The van der Waals surface area contributed by atoms with E-state index < -0.39 is 0 Å². The lowest BCUT2D eigenvalue weighted by Gasteiger charge is -2.22. The number of para-hydroxylation sites is 1. The Kier molecular flexibility index (Phi) is 5.09. The third kappa shape index (κ3) is 4.45. The summed E-state index contributed by atoms with van der Waals surface area (Å²) in [5, 5.41) is 5.89. The summed E-state index contributed by atoms with van der Waals surface area (Å²) < 4.78 is 6.00. The number of aromatic nitrogens is 1. The van der Waals surface area contributed by atoms with Crippen molar-refractivity contribution in [1.82, 2.24) is 15.6 Å². The standard InChI is InChI=1S/C18H21N3O2/c22-18(20-13-14-6-5-11-19-12-14)21-16-9-4-10-17(16)23-15-7-2-1-3-8-15/h1-3,5-8,11-12,16-17H,4,9-10,13H2,(H2,20,21,22). The van der Waals surface area contributed by atoms with Crippen LogP contribution in [0.4, 0.5) is 4.79 Å². The van der Waals surface area contributed by atoms with E-state index in [0.717, 1.165) is 30.6 Å². The first kappa shape index (κ1) is 15.3. The molecule has 1 aromatic carbocycles. The summed E-state index contributed by atoms with van der Waals surface area (Å²) in [6.07, 6.45) is 6.46. The van der Waals surface area contributed by atoms with Crippen LogP contribution in [-0.4, -0.2) is 23.2 Å². The molecule has 2 unspecified atom stereocenters. The second kappa shape index (κ2) is 7.63. The Labute approximate surface area is 136 Å². The summed E-state index contributed by atoms with van der Waals surface area (Å²) in [6, 6.07) is 13.4. The summed E-state index contributed by atoms with van der Waals surface area (Å²) in [5.74, 6) is 0.849. The molecule has 2 amide bonds. The highest BCUT2D eigenvalue weighted by molar-refractivity contribution is 5.74. The molecule has 1 fully saturated rings. The van der Waals surface area contributed by atoms with E-state index in [-0.39, 0.29) is 18.2 Å². The summed E-state index contributed by atoms with van der Waals surface area (Å²) in [7, 11) is 0. The Morgan fingerprint density at radius 1 is 1.17 bits per heavy atom. The molecule has 1 aliphatic carbocycles. The fourth-order valence-corrected chi connectivity index (χ4v) is 2.81. The quantitative estimate of drug-likeness (QED) is 0.892. The molecule has 23 heavy (non-hydrogen) atoms. The minimum Gasteiger partial charge on any atom is -0.488 e. The molecule has 5 nitrogen and oxygen atoms in total. The smallest absolute Gasteiger partial charge is 0.315 e. The maximum absolute atomic E-state index is 12.1. The fraction of sp³-hybridized carbons (Fsp3) is 0.333. The molecule has 0 bridgehead atoms. The van der Waals surface area contributed by atoms with Crippen LogP contribution in [0.3, 0.4) is 0 Å². The first-order valence-electron chi connectivity index (χ1n) is 7.96. The lowest BCUT2D eigenvalue weighted by atomic mass is 10.2. The number of hydrogen-bond acceptors (Lipinski definition) is 3. The number of nitrogens with one attached hydrogen (secondary N) is 2. The van der Waals surface area contributed by atoms with E-state index in [4.69, 9.17) is 4.74 Å². The third-order valence-electron chi connectivity index (χ3n) is 3.98. The zero-order valence-electron chi connectivity index (χ0n) is 12.9. The lowest BCUT2D eigenvalue weighted by Crippen LogP contribution is -2.46. The molecule has 5 heteroatoms. The molecule has 0 aliphatic heterocycles. The molecule has 1 saturated carbocycles. The van der Waals surface area contributed by atoms with Crippen LogP contribution >= 0.6 is 0 Å². The maximum Gasteiger partial charge on any atom is 0.315 e. The van der Waals surface area contributed by atoms with Gasteiger partial charge in [0.15, 0.2) is 0 Å². The molecule has 0 saturated heterocycles. The van der Waals surface area contributed by atoms with E-state index in [1.807, 2.05) is 42.5 Å². The van der Waals surface area contributed by atoms with Crippen molar-refractivity contribution < 1.29 is 9.53 Å². The van der Waals surface area contributed by atoms with Crippen LogP contribution in [-0.2, 0) is 6.54 Å². The zero-order chi connectivity index (χ0) is 15.9. The van der Waals surface area contributed by atoms with Crippen LogP contribution in [0, 0.1) is 0 Å². The number of urea groups is 1. The number of amides is 2. The largest absolute Gasteiger partial charge is 0.488 e. The Morgan fingerprint density at radius 3 is 2.83 bits per heavy atom. The van der Waals surface area contributed by atoms with Crippen molar-refractivity contribution in [1.29, 1.82) is 0 Å². The van der Waals surface area contributed by atoms with E-state index in [0.29, 0.717) is 6.54 Å². The first-order valence-corrected chi connectivity index (χ1v) is 7.96. The first-order chi connectivity index (χ1) is 11.3. The van der Waals surface area contributed by atoms with Crippen LogP contribution in [0.15, 0.2) is 54.9 Å². The molecule has 1 aromatic heterocycles. The van der Waals surface area contributed by atoms with Crippen LogP contribution in [0.25, 0.3) is 0 Å². The summed E-state index contributed by atoms with van der Waals surface area (Å²) in [4.78, 5) is 16.1. The van der Waals surface area contributed by atoms with Crippen molar-refractivity contribution in [2.45, 2.75) is 38.0 Å². The molecule has 0 spiro atoms. The monoisotopic (exact) mass is 311 g/mol. The second-order valence-electron chi connectivity index (χ2n) is 5.70. The van der Waals surface area contributed by atoms with Crippen molar-refractivity contribution >= 4 is 6.03 Å². The average Bonchev–Trinajstić information content (AvgIpc) is 3.02. The third-order valence-corrected chi connectivity index (χ3v) is 3.98. The lowest BCUT2D eigenvalue weighted by molar-refractivity contribution is 0.172. The zero-order valence-corrected chi connectivity index (χ0v) is 12.9. The van der Waals surface area contributed by atoms with E-state index in [1.54, 1.807) is 12.4 Å². The molecule has 120 valence electrons. The molecular weight excluding hydrogens is 290 g/mol. The van der Waals surface area contributed by atoms with Gasteiger partial charge in [-0.15, -0.1) is 0 Å². The molecule has 3 rings (SSSR count). The van der Waals surface area contributed by atoms with E-state index in [1.165, 1.54) is 0 Å². The van der Waals surface area contributed by atoms with Gasteiger partial charge in [0.05, 0.1) is 6.04 Å². The van der Waals surface area contributed by atoms with Gasteiger partial charge in [-0.1, -0.05) is 24.3 Å². The van der Waals surface area contributed by atoms with Crippen LogP contribution in [0.5, 0.6) is 5.75 Å². The van der Waals surface area contributed by atoms with Gasteiger partial charge in [0.25, 0.3) is 0 Å². The van der Waals surface area contributed by atoms with Gasteiger partial charge in [0.1, 0.15) is 11.9 Å². The maximum atomic E-state index is 12.1. The number of carbonyl (C=O) groups is 1. The number of hydrogen-bond donors (Lipinski definition) is 2. The second-order valence-corrected chi connectivity index (χ2v) is 5.70. The molecular formula is C18H21N3O2. The molecule has 2 N–H and O–H groups in total. The van der Waals surface area contributed by atoms with Crippen LogP contribution in [0.2, 0.25) is 0 Å². The van der Waals surface area contributed by atoms with E-state index >= 15 is 0 Å². The normalized spacial score (nSPS) is 20.0. The minimum atomic E-state index is -0.164. The summed E-state index contributed by atoms with van der Waals surface area (Å²) >= 11 is 0. The Hall–Kier alpha value is -2.56. The van der Waals surface area contributed by atoms with Gasteiger partial charge in [0.2, 0.25) is 0 Å². The van der Waals surface area contributed by atoms with Crippen LogP contribution in [0.1, 0.15) is 24.8 Å². The van der Waals surface area contributed by atoms with Crippen molar-refractivity contribution in [3.05, 3.63) is 60.4 Å². The molecule has 2 atom stereocenters. The average molecular weight is 311 g/mol. The van der Waals surface area contributed by atoms with Crippen molar-refractivity contribution in [2.75, 3.05) is 0 Å². The van der Waals surface area contributed by atoms with Gasteiger partial charge in [-0.25, -0.2) is 4.79 Å². The number of pyridine rings is 1. The van der Waals surface area contributed by atoms with Gasteiger partial charge in [-0.3, -0.25) is 4.98 Å². The fourth-order valence-electron chi connectivity index (χ4n) is 2.81. The Balaban J connectivity index is 1.49. The van der Waals surface area contributed by atoms with Crippen molar-refractivity contribution in [2.24, 2.45) is 0 Å². The van der Waals surface area contributed by atoms with E-state index in [9.17, 15) is 4.79 Å². The van der Waals surface area contributed by atoms with Gasteiger partial charge in [0, 0.05) is 18.9 Å². The summed E-state index contributed by atoms with van der Waals surface area (Å²) in [5.41, 5.74) is 0.978.